The van der Waals surface area contributed by atoms with Gasteiger partial charge in [-0.15, -0.1) is 11.3 Å². The van der Waals surface area contributed by atoms with Gasteiger partial charge in [0.1, 0.15) is 0 Å². The van der Waals surface area contributed by atoms with Crippen LogP contribution in [0.4, 0.5) is 5.69 Å². The number of hydrogen-bond donors (Lipinski definition) is 1. The second-order valence-electron chi connectivity index (χ2n) is 3.60. The van der Waals surface area contributed by atoms with Crippen LogP contribution in [-0.2, 0) is 10.0 Å². The molecule has 2 rings (SSSR count). The Balaban J connectivity index is 2.40. The summed E-state index contributed by atoms with van der Waals surface area (Å²) in [6.45, 7) is 3.50. The van der Waals surface area contributed by atoms with Crippen LogP contribution in [0.5, 0.6) is 0 Å². The molecule has 0 aliphatic heterocycles. The van der Waals surface area contributed by atoms with E-state index in [4.69, 9.17) is 11.6 Å². The minimum Gasteiger partial charge on any atom is -0.276 e. The van der Waals surface area contributed by atoms with E-state index in [1.165, 1.54) is 12.4 Å². The third-order valence-electron chi connectivity index (χ3n) is 2.21. The average Bonchev–Trinajstić information content (AvgIpc) is 2.71. The second kappa shape index (κ2) is 4.83. The van der Waals surface area contributed by atoms with Crippen molar-refractivity contribution in [3.05, 3.63) is 34.2 Å². The summed E-state index contributed by atoms with van der Waals surface area (Å²) < 4.78 is 26.8. The van der Waals surface area contributed by atoms with Crippen molar-refractivity contribution in [1.82, 2.24) is 9.97 Å². The first-order chi connectivity index (χ1) is 8.40. The molecule has 0 aromatic carbocycles. The van der Waals surface area contributed by atoms with Crippen LogP contribution in [0.15, 0.2) is 22.7 Å². The average molecular weight is 304 g/mol. The van der Waals surface area contributed by atoms with Gasteiger partial charge in [-0.1, -0.05) is 11.6 Å². The smallest absolute Gasteiger partial charge is 0.273 e. The Hall–Kier alpha value is -1.18. The summed E-state index contributed by atoms with van der Waals surface area (Å²) in [6, 6.07) is 1.68. The summed E-state index contributed by atoms with van der Waals surface area (Å²) in [5.41, 5.74) is 1.00. The molecule has 5 nitrogen and oxygen atoms in total. The zero-order valence-electron chi connectivity index (χ0n) is 9.64. The standard InChI is InChI=1S/C10H10ClN3O2S2/c1-6-3-4-12-10(11)9(6)14-18(15,16)8-5-13-7(2)17-8/h3-5,14H,1-2H3. The van der Waals surface area contributed by atoms with Gasteiger partial charge in [0.15, 0.2) is 9.36 Å². The fourth-order valence-corrected chi connectivity index (χ4v) is 3.85. The third kappa shape index (κ3) is 2.63. The summed E-state index contributed by atoms with van der Waals surface area (Å²) >= 11 is 6.98. The molecule has 0 bridgehead atoms. The molecule has 0 unspecified atom stereocenters. The van der Waals surface area contributed by atoms with E-state index in [0.717, 1.165) is 11.3 Å². The number of nitrogens with zero attached hydrogens (tertiary/aromatic N) is 2. The predicted octanol–water partition coefficient (Wildman–Crippen LogP) is 2.61. The summed E-state index contributed by atoms with van der Waals surface area (Å²) in [7, 11) is -3.66. The Morgan fingerprint density at radius 3 is 2.61 bits per heavy atom. The van der Waals surface area contributed by atoms with E-state index in [1.54, 1.807) is 19.9 Å². The van der Waals surface area contributed by atoms with E-state index < -0.39 is 10.0 Å². The van der Waals surface area contributed by atoms with E-state index in [9.17, 15) is 8.42 Å². The van der Waals surface area contributed by atoms with Gasteiger partial charge in [0.2, 0.25) is 0 Å². The van der Waals surface area contributed by atoms with Gasteiger partial charge >= 0.3 is 0 Å². The molecule has 0 aliphatic rings. The van der Waals surface area contributed by atoms with Gasteiger partial charge in [0.05, 0.1) is 16.9 Å². The fourth-order valence-electron chi connectivity index (χ4n) is 1.30. The van der Waals surface area contributed by atoms with Gasteiger partial charge in [0, 0.05) is 6.20 Å². The molecule has 0 spiro atoms. The molecule has 0 amide bonds. The van der Waals surface area contributed by atoms with Gasteiger partial charge in [0.25, 0.3) is 10.0 Å². The molecular weight excluding hydrogens is 294 g/mol. The zero-order chi connectivity index (χ0) is 13.3. The highest BCUT2D eigenvalue weighted by Gasteiger charge is 2.19. The summed E-state index contributed by atoms with van der Waals surface area (Å²) in [4.78, 5) is 7.77. The monoisotopic (exact) mass is 303 g/mol. The molecule has 0 atom stereocenters. The lowest BCUT2D eigenvalue weighted by Gasteiger charge is -2.09. The van der Waals surface area contributed by atoms with E-state index in [1.807, 2.05) is 0 Å². The van der Waals surface area contributed by atoms with E-state index in [2.05, 4.69) is 14.7 Å². The maximum Gasteiger partial charge on any atom is 0.273 e. The molecule has 2 aromatic rings. The largest absolute Gasteiger partial charge is 0.276 e. The normalized spacial score (nSPS) is 11.5. The van der Waals surface area contributed by atoms with Crippen molar-refractivity contribution in [2.75, 3.05) is 4.72 Å². The van der Waals surface area contributed by atoms with E-state index in [0.29, 0.717) is 16.3 Å². The first kappa shape index (κ1) is 13.3. The lowest BCUT2D eigenvalue weighted by atomic mass is 10.3. The number of nitrogens with one attached hydrogen (secondary N) is 1. The maximum absolute atomic E-state index is 12.1. The van der Waals surface area contributed by atoms with Crippen LogP contribution in [0.2, 0.25) is 5.15 Å². The van der Waals surface area contributed by atoms with Crippen molar-refractivity contribution in [1.29, 1.82) is 0 Å². The zero-order valence-corrected chi connectivity index (χ0v) is 12.0. The maximum atomic E-state index is 12.1. The summed E-state index contributed by atoms with van der Waals surface area (Å²) in [6.07, 6.45) is 2.84. The van der Waals surface area contributed by atoms with Crippen molar-refractivity contribution < 1.29 is 8.42 Å². The minimum atomic E-state index is -3.66. The van der Waals surface area contributed by atoms with Gasteiger partial charge in [-0.2, -0.15) is 0 Å². The first-order valence-corrected chi connectivity index (χ1v) is 7.64. The number of sulfonamides is 1. The molecule has 2 heterocycles. The fraction of sp³-hybridized carbons (Fsp3) is 0.200. The molecule has 0 aliphatic carbocycles. The van der Waals surface area contributed by atoms with Crippen LogP contribution < -0.4 is 4.72 Å². The molecule has 18 heavy (non-hydrogen) atoms. The molecule has 8 heteroatoms. The van der Waals surface area contributed by atoms with Crippen LogP contribution in [0.25, 0.3) is 0 Å². The van der Waals surface area contributed by atoms with Crippen LogP contribution in [0, 0.1) is 13.8 Å². The number of aryl methyl sites for hydroxylation is 2. The first-order valence-electron chi connectivity index (χ1n) is 4.96. The van der Waals surface area contributed by atoms with Gasteiger partial charge < -0.3 is 0 Å². The molecule has 0 saturated carbocycles. The van der Waals surface area contributed by atoms with Crippen LogP contribution in [0.3, 0.4) is 0 Å². The lowest BCUT2D eigenvalue weighted by molar-refractivity contribution is 0.603. The lowest BCUT2D eigenvalue weighted by Crippen LogP contribution is -2.13. The summed E-state index contributed by atoms with van der Waals surface area (Å²) in [5.74, 6) is 0. The number of halogens is 1. The number of rotatable bonds is 3. The summed E-state index contributed by atoms with van der Waals surface area (Å²) in [5, 5.41) is 0.809. The van der Waals surface area contributed by atoms with Gasteiger partial charge in [-0.3, -0.25) is 4.72 Å². The Morgan fingerprint density at radius 1 is 1.33 bits per heavy atom. The number of hydrogen-bond acceptors (Lipinski definition) is 5. The SMILES string of the molecule is Cc1ncc(S(=O)(=O)Nc2c(C)ccnc2Cl)s1. The highest BCUT2D eigenvalue weighted by Crippen LogP contribution is 2.27. The Bertz CT molecular complexity index is 662. The van der Waals surface area contributed by atoms with Gasteiger partial charge in [-0.05, 0) is 25.5 Å². The molecule has 0 fully saturated rings. The van der Waals surface area contributed by atoms with Crippen molar-refractivity contribution >= 4 is 38.6 Å². The van der Waals surface area contributed by atoms with Crippen molar-refractivity contribution in [2.24, 2.45) is 0 Å². The second-order valence-corrected chi connectivity index (χ2v) is 7.10. The number of anilines is 1. The topological polar surface area (TPSA) is 72.0 Å². The highest BCUT2D eigenvalue weighted by atomic mass is 35.5. The number of thiazole rings is 1. The van der Waals surface area contributed by atoms with Crippen molar-refractivity contribution in [2.45, 2.75) is 18.1 Å². The highest BCUT2D eigenvalue weighted by molar-refractivity contribution is 7.94. The quantitative estimate of drug-likeness (QED) is 0.885. The Morgan fingerprint density at radius 2 is 2.06 bits per heavy atom. The molecule has 0 radical (unpaired) electrons. The Labute approximate surface area is 114 Å². The molecule has 1 N–H and O–H groups in total. The third-order valence-corrected chi connectivity index (χ3v) is 5.22. The molecule has 2 aromatic heterocycles. The minimum absolute atomic E-state index is 0.125. The molecule has 0 saturated heterocycles. The van der Waals surface area contributed by atoms with Crippen molar-refractivity contribution in [3.8, 4) is 0 Å². The van der Waals surface area contributed by atoms with E-state index in [-0.39, 0.29) is 9.36 Å². The predicted molar refractivity (Wildman–Crippen MR) is 71.6 cm³/mol. The van der Waals surface area contributed by atoms with Gasteiger partial charge in [-0.25, -0.2) is 18.4 Å². The molecular formula is C10H10ClN3O2S2. The van der Waals surface area contributed by atoms with Crippen LogP contribution in [0.1, 0.15) is 10.6 Å². The van der Waals surface area contributed by atoms with E-state index >= 15 is 0 Å². The Kier molecular flexibility index (Phi) is 3.56. The number of pyridine rings is 1. The van der Waals surface area contributed by atoms with Crippen LogP contribution in [-0.4, -0.2) is 18.4 Å². The molecule has 96 valence electrons. The van der Waals surface area contributed by atoms with Crippen molar-refractivity contribution in [3.63, 3.8) is 0 Å². The number of aromatic nitrogens is 2. The van der Waals surface area contributed by atoms with Crippen LogP contribution >= 0.6 is 22.9 Å².